The molecule has 19 nitrogen and oxygen atoms in total. The molecule has 0 amide bonds. The van der Waals surface area contributed by atoms with Crippen LogP contribution >= 0.6 is 0 Å². The van der Waals surface area contributed by atoms with E-state index >= 15 is 0 Å². The summed E-state index contributed by atoms with van der Waals surface area (Å²) in [5.74, 6) is 0.346. The molecule has 0 aliphatic rings. The van der Waals surface area contributed by atoms with Gasteiger partial charge in [-0.05, 0) is 24.3 Å². The van der Waals surface area contributed by atoms with Crippen molar-refractivity contribution in [1.82, 2.24) is 35.2 Å². The van der Waals surface area contributed by atoms with Gasteiger partial charge in [-0.3, -0.25) is 4.79 Å². The molecule has 2 heterocycles. The Bertz CT molecular complexity index is 1620. The molecule has 1 unspecified atom stereocenters. The quantitative estimate of drug-likeness (QED) is 0.0443. The first-order valence-electron chi connectivity index (χ1n) is 15.0. The molecule has 19 heteroatoms. The van der Waals surface area contributed by atoms with Crippen LogP contribution in [0.2, 0.25) is 0 Å². The number of carboxylic acid groups (broad SMARTS) is 1. The van der Waals surface area contributed by atoms with Crippen LogP contribution in [0, 0.1) is 0 Å². The fraction of sp³-hybridized carbons (Fsp3) is 0.345. The summed E-state index contributed by atoms with van der Waals surface area (Å²) in [5, 5.41) is 60.1. The number of carbonyl (C=O) groups is 1. The summed E-state index contributed by atoms with van der Waals surface area (Å²) >= 11 is 0. The Hall–Kier alpha value is -5.79. The average Bonchev–Trinajstić information content (AvgIpc) is 3.04. The van der Waals surface area contributed by atoms with Gasteiger partial charge in [-0.2, -0.15) is 29.9 Å². The van der Waals surface area contributed by atoms with Crippen molar-refractivity contribution in [2.45, 2.75) is 12.5 Å². The Kier molecular flexibility index (Phi) is 13.4. The van der Waals surface area contributed by atoms with E-state index in [1.807, 2.05) is 0 Å². The van der Waals surface area contributed by atoms with Crippen LogP contribution in [-0.4, -0.2) is 115 Å². The monoisotopic (exact) mass is 665 g/mol. The predicted octanol–water partition coefficient (Wildman–Crippen LogP) is 1.37. The molecule has 11 N–H and O–H groups in total. The molecule has 0 bridgehead atoms. The molecule has 256 valence electrons. The van der Waals surface area contributed by atoms with Gasteiger partial charge in [0.05, 0.1) is 24.8 Å². The van der Waals surface area contributed by atoms with Crippen LogP contribution in [0.1, 0.15) is 6.42 Å². The number of aliphatic hydroxyl groups excluding tert-OH is 1. The van der Waals surface area contributed by atoms with Crippen molar-refractivity contribution in [2.24, 2.45) is 0 Å². The number of hydrogen-bond acceptors (Lipinski definition) is 18. The lowest BCUT2D eigenvalue weighted by Gasteiger charge is -2.13. The van der Waals surface area contributed by atoms with Crippen molar-refractivity contribution in [3.05, 3.63) is 48.5 Å². The molecule has 4 rings (SSSR count). The zero-order valence-electron chi connectivity index (χ0n) is 26.1. The number of rotatable bonds is 21. The zero-order valence-corrected chi connectivity index (χ0v) is 26.1. The molecule has 0 saturated heterocycles. The number of ether oxygens (including phenoxy) is 1. The molecule has 2 aromatic carbocycles. The highest BCUT2D eigenvalue weighted by atomic mass is 16.5. The summed E-state index contributed by atoms with van der Waals surface area (Å²) in [6, 6.07) is 13.1. The number of anilines is 8. The summed E-state index contributed by atoms with van der Waals surface area (Å²) in [6.07, 6.45) is -0.746. The van der Waals surface area contributed by atoms with Gasteiger partial charge in [-0.15, -0.1) is 0 Å². The van der Waals surface area contributed by atoms with E-state index in [2.05, 4.69) is 67.1 Å². The van der Waals surface area contributed by atoms with Crippen molar-refractivity contribution in [1.29, 1.82) is 0 Å². The van der Waals surface area contributed by atoms with E-state index in [1.54, 1.807) is 36.4 Å². The molecule has 0 aliphatic heterocycles. The lowest BCUT2D eigenvalue weighted by molar-refractivity contribution is -0.136. The Morgan fingerprint density at radius 1 is 0.729 bits per heavy atom. The largest absolute Gasteiger partial charge is 0.508 e. The molecule has 2 aromatic heterocycles. The van der Waals surface area contributed by atoms with Gasteiger partial charge in [0.25, 0.3) is 0 Å². The Morgan fingerprint density at radius 3 is 1.90 bits per heavy atom. The number of methoxy groups -OCH3 is 1. The van der Waals surface area contributed by atoms with Crippen LogP contribution in [0.3, 0.4) is 0 Å². The fourth-order valence-electron chi connectivity index (χ4n) is 4.00. The van der Waals surface area contributed by atoms with Gasteiger partial charge in [0.1, 0.15) is 11.5 Å². The van der Waals surface area contributed by atoms with Gasteiger partial charge in [0.15, 0.2) is 0 Å². The molecular weight excluding hydrogens is 626 g/mol. The van der Waals surface area contributed by atoms with Crippen LogP contribution < -0.4 is 37.2 Å². The molecule has 1 atom stereocenters. The maximum absolute atomic E-state index is 11.0. The highest BCUT2D eigenvalue weighted by Gasteiger charge is 2.11. The Labute approximate surface area is 275 Å². The van der Waals surface area contributed by atoms with E-state index in [9.17, 15) is 20.1 Å². The molecule has 0 spiro atoms. The van der Waals surface area contributed by atoms with Gasteiger partial charge < -0.3 is 62.4 Å². The van der Waals surface area contributed by atoms with Gasteiger partial charge in [-0.1, -0.05) is 18.2 Å². The predicted molar refractivity (Wildman–Crippen MR) is 179 cm³/mol. The van der Waals surface area contributed by atoms with Gasteiger partial charge in [0, 0.05) is 58.1 Å². The van der Waals surface area contributed by atoms with Crippen molar-refractivity contribution in [2.75, 3.05) is 84.9 Å². The van der Waals surface area contributed by atoms with Gasteiger partial charge >= 0.3 is 5.97 Å². The highest BCUT2D eigenvalue weighted by Crippen LogP contribution is 2.26. The van der Waals surface area contributed by atoms with Gasteiger partial charge in [-0.25, -0.2) is 0 Å². The fourth-order valence-corrected chi connectivity index (χ4v) is 4.00. The van der Waals surface area contributed by atoms with Crippen molar-refractivity contribution in [3.8, 4) is 11.5 Å². The number of benzene rings is 2. The number of hydrogen-bond donors (Lipinski definition) is 11. The molecule has 0 fully saturated rings. The minimum atomic E-state index is -0.960. The molecule has 48 heavy (non-hydrogen) atoms. The van der Waals surface area contributed by atoms with E-state index in [0.29, 0.717) is 44.1 Å². The summed E-state index contributed by atoms with van der Waals surface area (Å²) in [6.45, 7) is 2.29. The lowest BCUT2D eigenvalue weighted by Crippen LogP contribution is -2.33. The number of carboxylic acids is 1. The van der Waals surface area contributed by atoms with Crippen LogP contribution in [0.25, 0.3) is 0 Å². The van der Waals surface area contributed by atoms with Crippen LogP contribution in [0.5, 0.6) is 11.5 Å². The van der Waals surface area contributed by atoms with Crippen molar-refractivity contribution in [3.63, 3.8) is 0 Å². The number of aromatic hydroxyl groups is 2. The Balaban J connectivity index is 1.39. The zero-order chi connectivity index (χ0) is 34.1. The molecule has 0 aliphatic carbocycles. The maximum Gasteiger partial charge on any atom is 0.305 e. The summed E-state index contributed by atoms with van der Waals surface area (Å²) in [5.41, 5.74) is 0.944. The smallest absolute Gasteiger partial charge is 0.305 e. The number of aromatic nitrogens is 6. The third-order valence-electron chi connectivity index (χ3n) is 6.16. The molecule has 0 radical (unpaired) electrons. The summed E-state index contributed by atoms with van der Waals surface area (Å²) < 4.78 is 4.91. The number of aliphatic carboxylic acids is 1. The first-order chi connectivity index (χ1) is 23.3. The average molecular weight is 666 g/mol. The normalized spacial score (nSPS) is 11.4. The Morgan fingerprint density at radius 2 is 1.29 bits per heavy atom. The topological polar surface area (TPSA) is 269 Å². The van der Waals surface area contributed by atoms with Crippen LogP contribution in [0.4, 0.5) is 47.1 Å². The van der Waals surface area contributed by atoms with Crippen molar-refractivity contribution < 1.29 is 30.0 Å². The number of nitrogens with zero attached hydrogens (tertiary/aromatic N) is 6. The second kappa shape index (κ2) is 18.4. The van der Waals surface area contributed by atoms with E-state index in [-0.39, 0.29) is 66.8 Å². The summed E-state index contributed by atoms with van der Waals surface area (Å²) in [7, 11) is 1.52. The number of para-hydroxylation sites is 2. The summed E-state index contributed by atoms with van der Waals surface area (Å²) in [4.78, 5) is 37.2. The van der Waals surface area contributed by atoms with E-state index in [0.717, 1.165) is 0 Å². The molecule has 0 saturated carbocycles. The molecule has 4 aromatic rings. The highest BCUT2D eigenvalue weighted by molar-refractivity contribution is 5.67. The standard InChI is InChI=1S/C29H39N13O6/c1-48-17-20(44)16-30-11-12-32-25-37-24(31-10-9-23(46)47)38-26(39-25)33-13-14-34-27-40-28(35-18-5-4-6-19(43)15-18)42-29(41-27)36-21-7-2-3-8-22(21)45/h2-8,15,20,30,43-45H,9-14,16-17H2,1H3,(H,46,47)(H3,31,32,33,37,38,39)(H3,34,35,36,40,41,42). The van der Waals surface area contributed by atoms with Gasteiger partial charge in [0.2, 0.25) is 35.7 Å². The maximum atomic E-state index is 11.0. The second-order valence-electron chi connectivity index (χ2n) is 10.1. The minimum Gasteiger partial charge on any atom is -0.508 e. The van der Waals surface area contributed by atoms with Crippen LogP contribution in [-0.2, 0) is 9.53 Å². The third-order valence-corrected chi connectivity index (χ3v) is 6.16. The van der Waals surface area contributed by atoms with E-state index in [4.69, 9.17) is 9.84 Å². The minimum absolute atomic E-state index is 0.0132. The number of nitrogens with one attached hydrogen (secondary N) is 7. The first kappa shape index (κ1) is 35.1. The molecular formula is C29H39N13O6. The number of phenols is 2. The van der Waals surface area contributed by atoms with E-state index in [1.165, 1.54) is 19.2 Å². The van der Waals surface area contributed by atoms with E-state index < -0.39 is 12.1 Å². The second-order valence-corrected chi connectivity index (χ2v) is 10.1. The lowest BCUT2D eigenvalue weighted by atomic mass is 10.3. The van der Waals surface area contributed by atoms with Crippen LogP contribution in [0.15, 0.2) is 48.5 Å². The first-order valence-corrected chi connectivity index (χ1v) is 15.0. The third kappa shape index (κ3) is 12.2. The SMILES string of the molecule is COCC(O)CNCCNc1nc(NCCNc2nc(Nc3cccc(O)c3)nc(Nc3ccccc3O)n2)nc(NCCC(=O)O)n1. The number of aliphatic hydroxyl groups is 1. The van der Waals surface area contributed by atoms with Crippen molar-refractivity contribution >= 4 is 53.0 Å². The number of phenolic OH excluding ortho intramolecular Hbond substituents is 2.